The Morgan fingerprint density at radius 2 is 1.96 bits per heavy atom. The molecule has 2 heterocycles. The summed E-state index contributed by atoms with van der Waals surface area (Å²) in [5, 5.41) is 0. The average molecular weight is 342 g/mol. The van der Waals surface area contributed by atoms with Crippen molar-refractivity contribution in [2.45, 2.75) is 18.9 Å². The molecule has 6 heteroatoms. The summed E-state index contributed by atoms with van der Waals surface area (Å²) in [4.78, 5) is 26.4. The third-order valence-electron chi connectivity index (χ3n) is 4.64. The van der Waals surface area contributed by atoms with Crippen molar-refractivity contribution in [1.82, 2.24) is 9.47 Å². The predicted molar refractivity (Wildman–Crippen MR) is 94.2 cm³/mol. The number of rotatable bonds is 4. The molecule has 2 aromatic rings. The Balaban J connectivity index is 1.96. The molecule has 0 aliphatic carbocycles. The van der Waals surface area contributed by atoms with E-state index in [1.165, 1.54) is 10.6 Å². The lowest BCUT2D eigenvalue weighted by atomic mass is 10.0. The molecule has 0 unspecified atom stereocenters. The molecule has 6 nitrogen and oxygen atoms in total. The van der Waals surface area contributed by atoms with Crippen LogP contribution in [0.3, 0.4) is 0 Å². The summed E-state index contributed by atoms with van der Waals surface area (Å²) in [6.07, 6.45) is 3.37. The van der Waals surface area contributed by atoms with Crippen LogP contribution in [0.5, 0.6) is 11.5 Å². The number of carbonyl (C=O) groups excluding carboxylic acids is 1. The van der Waals surface area contributed by atoms with Crippen LogP contribution >= 0.6 is 0 Å². The van der Waals surface area contributed by atoms with Crippen molar-refractivity contribution >= 4 is 5.91 Å². The molecule has 0 saturated carbocycles. The van der Waals surface area contributed by atoms with E-state index >= 15 is 0 Å². The molecule has 0 bridgehead atoms. The van der Waals surface area contributed by atoms with Crippen LogP contribution in [0, 0.1) is 0 Å². The molecule has 1 atom stereocenters. The van der Waals surface area contributed by atoms with Gasteiger partial charge in [0.25, 0.3) is 5.91 Å². The van der Waals surface area contributed by atoms with Gasteiger partial charge in [-0.15, -0.1) is 0 Å². The van der Waals surface area contributed by atoms with Gasteiger partial charge < -0.3 is 18.9 Å². The van der Waals surface area contributed by atoms with Crippen LogP contribution in [0.2, 0.25) is 0 Å². The molecular formula is C19H22N2O4. The fraction of sp³-hybridized carbons (Fsp3) is 0.368. The third-order valence-corrected chi connectivity index (χ3v) is 4.64. The van der Waals surface area contributed by atoms with Gasteiger partial charge in [-0.05, 0) is 37.1 Å². The van der Waals surface area contributed by atoms with E-state index in [0.29, 0.717) is 12.1 Å². The smallest absolute Gasteiger partial charge is 0.255 e. The highest BCUT2D eigenvalue weighted by atomic mass is 16.5. The number of hydrogen-bond acceptors (Lipinski definition) is 4. The Kier molecular flexibility index (Phi) is 4.79. The Morgan fingerprint density at radius 1 is 1.16 bits per heavy atom. The van der Waals surface area contributed by atoms with Gasteiger partial charge >= 0.3 is 0 Å². The maximum absolute atomic E-state index is 13.0. The molecule has 1 aromatic carbocycles. The van der Waals surface area contributed by atoms with Crippen LogP contribution in [0.15, 0.2) is 41.3 Å². The van der Waals surface area contributed by atoms with E-state index in [1.54, 1.807) is 33.5 Å². The largest absolute Gasteiger partial charge is 0.497 e. The van der Waals surface area contributed by atoms with Gasteiger partial charge in [-0.2, -0.15) is 0 Å². The summed E-state index contributed by atoms with van der Waals surface area (Å²) in [5.74, 6) is 1.39. The molecule has 1 saturated heterocycles. The standard InChI is InChI=1S/C19H22N2O4/c1-20-12-13(6-9-18(20)22)19(23)21-10-4-5-16(21)15-11-14(24-2)7-8-17(15)25-3/h6-9,11-12,16H,4-5,10H2,1-3H3/t16-/m0/s1. The minimum Gasteiger partial charge on any atom is -0.497 e. The lowest BCUT2D eigenvalue weighted by molar-refractivity contribution is 0.0733. The average Bonchev–Trinajstić information content (AvgIpc) is 3.12. The van der Waals surface area contributed by atoms with Crippen molar-refractivity contribution in [3.05, 3.63) is 58.0 Å². The van der Waals surface area contributed by atoms with E-state index in [1.807, 2.05) is 23.1 Å². The molecule has 1 aliphatic heterocycles. The number of pyridine rings is 1. The van der Waals surface area contributed by atoms with Crippen LogP contribution in [-0.2, 0) is 7.05 Å². The summed E-state index contributed by atoms with van der Waals surface area (Å²) >= 11 is 0. The molecular weight excluding hydrogens is 320 g/mol. The zero-order chi connectivity index (χ0) is 18.0. The first-order valence-electron chi connectivity index (χ1n) is 8.24. The lowest BCUT2D eigenvalue weighted by Crippen LogP contribution is -2.31. The highest BCUT2D eigenvalue weighted by Crippen LogP contribution is 2.39. The summed E-state index contributed by atoms with van der Waals surface area (Å²) in [7, 11) is 4.89. The summed E-state index contributed by atoms with van der Waals surface area (Å²) in [5.41, 5.74) is 1.32. The van der Waals surface area contributed by atoms with E-state index in [-0.39, 0.29) is 17.5 Å². The number of amides is 1. The summed E-state index contributed by atoms with van der Waals surface area (Å²) in [6.45, 7) is 0.673. The first kappa shape index (κ1) is 17.1. The van der Waals surface area contributed by atoms with Gasteiger partial charge in [0, 0.05) is 31.4 Å². The fourth-order valence-corrected chi connectivity index (χ4v) is 3.32. The molecule has 1 amide bonds. The molecule has 25 heavy (non-hydrogen) atoms. The van der Waals surface area contributed by atoms with Gasteiger partial charge in [0.2, 0.25) is 5.56 Å². The zero-order valence-corrected chi connectivity index (χ0v) is 14.7. The third kappa shape index (κ3) is 3.24. The quantitative estimate of drug-likeness (QED) is 0.856. The number of aromatic nitrogens is 1. The Hall–Kier alpha value is -2.76. The van der Waals surface area contributed by atoms with E-state index < -0.39 is 0 Å². The molecule has 0 N–H and O–H groups in total. The maximum atomic E-state index is 13.0. The minimum atomic E-state index is -0.135. The SMILES string of the molecule is COc1ccc(OC)c([C@@H]2CCCN2C(=O)c2ccc(=O)n(C)c2)c1. The number of ether oxygens (including phenoxy) is 2. The van der Waals surface area contributed by atoms with Gasteiger partial charge in [0.15, 0.2) is 0 Å². The second-order valence-corrected chi connectivity index (χ2v) is 6.13. The number of nitrogens with zero attached hydrogens (tertiary/aromatic N) is 2. The van der Waals surface area contributed by atoms with E-state index in [2.05, 4.69) is 0 Å². The normalized spacial score (nSPS) is 16.8. The number of benzene rings is 1. The molecule has 1 aliphatic rings. The highest BCUT2D eigenvalue weighted by molar-refractivity contribution is 5.94. The molecule has 3 rings (SSSR count). The summed E-state index contributed by atoms with van der Waals surface area (Å²) < 4.78 is 12.2. The molecule has 0 radical (unpaired) electrons. The monoisotopic (exact) mass is 342 g/mol. The van der Waals surface area contributed by atoms with Gasteiger partial charge in [-0.25, -0.2) is 0 Å². The maximum Gasteiger partial charge on any atom is 0.255 e. The first-order valence-corrected chi connectivity index (χ1v) is 8.24. The van der Waals surface area contributed by atoms with Crippen LogP contribution < -0.4 is 15.0 Å². The topological polar surface area (TPSA) is 60.8 Å². The molecule has 0 spiro atoms. The Bertz CT molecular complexity index is 844. The van der Waals surface area contributed by atoms with Crippen LogP contribution in [0.4, 0.5) is 0 Å². The van der Waals surface area contributed by atoms with Crippen molar-refractivity contribution in [1.29, 1.82) is 0 Å². The van der Waals surface area contributed by atoms with Gasteiger partial charge in [0.05, 0.1) is 25.8 Å². The number of carbonyl (C=O) groups is 1. The number of likely N-dealkylation sites (tertiary alicyclic amines) is 1. The van der Waals surface area contributed by atoms with E-state index in [4.69, 9.17) is 9.47 Å². The molecule has 1 fully saturated rings. The Labute approximate surface area is 146 Å². The van der Waals surface area contributed by atoms with Crippen LogP contribution in [-0.4, -0.2) is 36.1 Å². The Morgan fingerprint density at radius 3 is 2.64 bits per heavy atom. The minimum absolute atomic E-state index is 0.0743. The molecule has 1 aromatic heterocycles. The van der Waals surface area contributed by atoms with E-state index in [9.17, 15) is 9.59 Å². The van der Waals surface area contributed by atoms with Crippen molar-refractivity contribution in [3.63, 3.8) is 0 Å². The van der Waals surface area contributed by atoms with Crippen LogP contribution in [0.1, 0.15) is 34.8 Å². The predicted octanol–water partition coefficient (Wildman–Crippen LogP) is 2.38. The fourth-order valence-electron chi connectivity index (χ4n) is 3.32. The highest BCUT2D eigenvalue weighted by Gasteiger charge is 2.32. The van der Waals surface area contributed by atoms with Crippen LogP contribution in [0.25, 0.3) is 0 Å². The van der Waals surface area contributed by atoms with Crippen molar-refractivity contribution in [3.8, 4) is 11.5 Å². The van der Waals surface area contributed by atoms with Crippen molar-refractivity contribution in [2.24, 2.45) is 7.05 Å². The second kappa shape index (κ2) is 7.01. The van der Waals surface area contributed by atoms with Gasteiger partial charge in [-0.1, -0.05) is 0 Å². The number of hydrogen-bond donors (Lipinski definition) is 0. The second-order valence-electron chi connectivity index (χ2n) is 6.13. The van der Waals surface area contributed by atoms with E-state index in [0.717, 1.165) is 29.9 Å². The van der Waals surface area contributed by atoms with Gasteiger partial charge in [-0.3, -0.25) is 9.59 Å². The summed E-state index contributed by atoms with van der Waals surface area (Å²) in [6, 6.07) is 8.57. The van der Waals surface area contributed by atoms with Crippen molar-refractivity contribution in [2.75, 3.05) is 20.8 Å². The van der Waals surface area contributed by atoms with Crippen molar-refractivity contribution < 1.29 is 14.3 Å². The zero-order valence-electron chi connectivity index (χ0n) is 14.7. The van der Waals surface area contributed by atoms with Gasteiger partial charge in [0.1, 0.15) is 11.5 Å². The first-order chi connectivity index (χ1) is 12.0. The number of methoxy groups -OCH3 is 2. The lowest BCUT2D eigenvalue weighted by Gasteiger charge is -2.27. The number of aryl methyl sites for hydroxylation is 1. The molecule has 132 valence electrons.